The Hall–Kier alpha value is -3.17. The molecule has 1 aromatic carbocycles. The topological polar surface area (TPSA) is 84.0 Å². The number of benzene rings is 1. The van der Waals surface area contributed by atoms with E-state index in [0.29, 0.717) is 23.5 Å². The van der Waals surface area contributed by atoms with E-state index >= 15 is 0 Å². The molecule has 9 heteroatoms. The van der Waals surface area contributed by atoms with Gasteiger partial charge in [-0.15, -0.1) is 0 Å². The van der Waals surface area contributed by atoms with Crippen molar-refractivity contribution in [1.82, 2.24) is 20.1 Å². The smallest absolute Gasteiger partial charge is 0.251 e. The summed E-state index contributed by atoms with van der Waals surface area (Å²) in [5.74, 6) is 2.66. The number of carbonyl (C=O) groups is 2. The van der Waals surface area contributed by atoms with Crippen molar-refractivity contribution in [3.05, 3.63) is 42.0 Å². The lowest BCUT2D eigenvalue weighted by atomic mass is 9.89. The van der Waals surface area contributed by atoms with E-state index in [1.54, 1.807) is 4.90 Å². The number of hydrogen-bond donors (Lipinski definition) is 2. The molecule has 1 atom stereocenters. The maximum atomic E-state index is 13.3. The zero-order valence-electron chi connectivity index (χ0n) is 26.5. The molecule has 1 saturated heterocycles. The molecule has 44 heavy (non-hydrogen) atoms. The Morgan fingerprint density at radius 2 is 1.66 bits per heavy atom. The molecule has 2 amide bonds. The van der Waals surface area contributed by atoms with Gasteiger partial charge in [0.05, 0.1) is 5.69 Å². The first-order valence-corrected chi connectivity index (χ1v) is 17.1. The van der Waals surface area contributed by atoms with Crippen molar-refractivity contribution >= 4 is 34.8 Å². The standard InChI is InChI=1S/C35H49N7O2/c1-24-35(44)39(2)31-16-17-32(38-33(31)42(24)30-8-3-4-9-30)36-28-7-5-6-26(22-28)34(43)37-27-12-14-29(15-13-27)41-20-18-40(19-21-41)23-25-10-11-25/h5-7,16-17,22,24-25,27,29-30H,3-4,8-15,18-21,23H2,1-2H3,(H,36,38)(H,37,43)/t24-,27?,29?/m1/s1. The van der Waals surface area contributed by atoms with E-state index in [1.165, 1.54) is 58.4 Å². The molecule has 2 aromatic rings. The maximum absolute atomic E-state index is 13.3. The van der Waals surface area contributed by atoms with Crippen LogP contribution in [0.3, 0.4) is 0 Å². The van der Waals surface area contributed by atoms with Crippen molar-refractivity contribution in [2.24, 2.45) is 5.92 Å². The number of carbonyl (C=O) groups excluding carboxylic acids is 2. The third-order valence-electron chi connectivity index (χ3n) is 10.8. The quantitative estimate of drug-likeness (QED) is 0.442. The summed E-state index contributed by atoms with van der Waals surface area (Å²) in [5.41, 5.74) is 2.34. The van der Waals surface area contributed by atoms with Gasteiger partial charge in [-0.05, 0) is 94.5 Å². The highest BCUT2D eigenvalue weighted by atomic mass is 16.2. The summed E-state index contributed by atoms with van der Waals surface area (Å²) in [6.07, 6.45) is 11.9. The van der Waals surface area contributed by atoms with E-state index in [4.69, 9.17) is 4.98 Å². The van der Waals surface area contributed by atoms with Crippen LogP contribution in [-0.2, 0) is 4.79 Å². The molecule has 236 valence electrons. The van der Waals surface area contributed by atoms with E-state index in [1.807, 2.05) is 50.4 Å². The third-order valence-corrected chi connectivity index (χ3v) is 10.8. The minimum atomic E-state index is -0.234. The summed E-state index contributed by atoms with van der Waals surface area (Å²) < 4.78 is 0. The number of rotatable bonds is 8. The summed E-state index contributed by atoms with van der Waals surface area (Å²) in [6.45, 7) is 8.12. The Balaban J connectivity index is 0.951. The van der Waals surface area contributed by atoms with Gasteiger partial charge in [0.15, 0.2) is 5.82 Å². The highest BCUT2D eigenvalue weighted by Crippen LogP contribution is 2.40. The predicted molar refractivity (Wildman–Crippen MR) is 176 cm³/mol. The Morgan fingerprint density at radius 3 is 2.39 bits per heavy atom. The maximum Gasteiger partial charge on any atom is 0.251 e. The Labute approximate surface area is 262 Å². The summed E-state index contributed by atoms with van der Waals surface area (Å²) in [4.78, 5) is 40.7. The van der Waals surface area contributed by atoms with Crippen molar-refractivity contribution in [2.45, 2.75) is 95.3 Å². The van der Waals surface area contributed by atoms with Gasteiger partial charge >= 0.3 is 0 Å². The first-order chi connectivity index (χ1) is 21.4. The van der Waals surface area contributed by atoms with Gasteiger partial charge in [-0.25, -0.2) is 4.98 Å². The van der Waals surface area contributed by atoms with Crippen molar-refractivity contribution < 1.29 is 9.59 Å². The number of pyridine rings is 1. The Morgan fingerprint density at radius 1 is 0.909 bits per heavy atom. The monoisotopic (exact) mass is 599 g/mol. The van der Waals surface area contributed by atoms with Gasteiger partial charge in [0.2, 0.25) is 5.91 Å². The number of likely N-dealkylation sites (N-methyl/N-ethyl adjacent to an activating group) is 1. The van der Waals surface area contributed by atoms with Gasteiger partial charge in [0.1, 0.15) is 11.9 Å². The van der Waals surface area contributed by atoms with Gasteiger partial charge in [-0.3, -0.25) is 14.5 Å². The SMILES string of the molecule is C[C@@H]1C(=O)N(C)c2ccc(Nc3cccc(C(=O)NC4CCC(N5CCN(CC6CC6)CC5)CC4)c3)nc2N1C1CCCC1. The molecule has 3 saturated carbocycles. The zero-order valence-corrected chi connectivity index (χ0v) is 26.5. The van der Waals surface area contributed by atoms with Crippen LogP contribution in [0, 0.1) is 5.92 Å². The lowest BCUT2D eigenvalue weighted by molar-refractivity contribution is -0.119. The molecule has 0 bridgehead atoms. The van der Waals surface area contributed by atoms with Crippen molar-refractivity contribution in [1.29, 1.82) is 0 Å². The van der Waals surface area contributed by atoms with Crippen LogP contribution in [0.2, 0.25) is 0 Å². The van der Waals surface area contributed by atoms with Crippen LogP contribution in [0.4, 0.5) is 23.0 Å². The van der Waals surface area contributed by atoms with E-state index < -0.39 is 0 Å². The second-order valence-electron chi connectivity index (χ2n) is 13.9. The molecule has 3 aliphatic carbocycles. The average Bonchev–Trinajstić information content (AvgIpc) is 3.70. The third kappa shape index (κ3) is 6.31. The molecule has 5 aliphatic rings. The van der Waals surface area contributed by atoms with Crippen LogP contribution in [-0.4, -0.2) is 90.5 Å². The normalized spacial score (nSPS) is 27.0. The molecule has 7 rings (SSSR count). The molecular formula is C35H49N7O2. The predicted octanol–water partition coefficient (Wildman–Crippen LogP) is 5.01. The summed E-state index contributed by atoms with van der Waals surface area (Å²) >= 11 is 0. The largest absolute Gasteiger partial charge is 0.349 e. The summed E-state index contributed by atoms with van der Waals surface area (Å²) in [5, 5.41) is 6.76. The van der Waals surface area contributed by atoms with Gasteiger partial charge in [-0.1, -0.05) is 18.9 Å². The van der Waals surface area contributed by atoms with Crippen LogP contribution >= 0.6 is 0 Å². The Kier molecular flexibility index (Phi) is 8.51. The van der Waals surface area contributed by atoms with E-state index in [9.17, 15) is 9.59 Å². The number of aromatic nitrogens is 1. The molecule has 9 nitrogen and oxygen atoms in total. The second kappa shape index (κ2) is 12.7. The number of piperazine rings is 1. The molecule has 4 fully saturated rings. The van der Waals surface area contributed by atoms with Crippen molar-refractivity contribution in [3.8, 4) is 0 Å². The van der Waals surface area contributed by atoms with Crippen LogP contribution < -0.4 is 20.4 Å². The number of nitrogens with one attached hydrogen (secondary N) is 2. The minimum absolute atomic E-state index is 0.00874. The Bertz CT molecular complexity index is 1340. The first-order valence-electron chi connectivity index (χ1n) is 17.1. The highest BCUT2D eigenvalue weighted by Gasteiger charge is 2.39. The van der Waals surface area contributed by atoms with E-state index in [2.05, 4.69) is 25.3 Å². The van der Waals surface area contributed by atoms with Crippen LogP contribution in [0.1, 0.15) is 81.5 Å². The van der Waals surface area contributed by atoms with Crippen molar-refractivity contribution in [3.63, 3.8) is 0 Å². The molecule has 1 aromatic heterocycles. The molecule has 0 radical (unpaired) electrons. The number of anilines is 4. The second-order valence-corrected chi connectivity index (χ2v) is 13.9. The molecule has 2 aliphatic heterocycles. The number of hydrogen-bond acceptors (Lipinski definition) is 7. The molecule has 0 spiro atoms. The lowest BCUT2D eigenvalue weighted by Crippen LogP contribution is -2.54. The number of amides is 2. The minimum Gasteiger partial charge on any atom is -0.349 e. The molecule has 3 heterocycles. The van der Waals surface area contributed by atoms with Gasteiger partial charge in [-0.2, -0.15) is 0 Å². The number of nitrogens with zero attached hydrogens (tertiary/aromatic N) is 5. The van der Waals surface area contributed by atoms with Gasteiger partial charge < -0.3 is 25.3 Å². The first kappa shape index (κ1) is 29.5. The van der Waals surface area contributed by atoms with Crippen LogP contribution in [0.15, 0.2) is 36.4 Å². The fourth-order valence-electron chi connectivity index (χ4n) is 8.05. The average molecular weight is 600 g/mol. The number of fused-ring (bicyclic) bond motifs is 1. The molecule has 0 unspecified atom stereocenters. The summed E-state index contributed by atoms with van der Waals surface area (Å²) in [7, 11) is 1.84. The molecule has 2 N–H and O–H groups in total. The highest BCUT2D eigenvalue weighted by molar-refractivity contribution is 6.04. The van der Waals surface area contributed by atoms with Gasteiger partial charge in [0.25, 0.3) is 5.91 Å². The van der Waals surface area contributed by atoms with Crippen LogP contribution in [0.5, 0.6) is 0 Å². The van der Waals surface area contributed by atoms with Crippen LogP contribution in [0.25, 0.3) is 0 Å². The lowest BCUT2D eigenvalue weighted by Gasteiger charge is -2.42. The summed E-state index contributed by atoms with van der Waals surface area (Å²) in [6, 6.07) is 12.6. The van der Waals surface area contributed by atoms with Gasteiger partial charge in [0, 0.05) is 69.1 Å². The van der Waals surface area contributed by atoms with E-state index in [-0.39, 0.29) is 23.9 Å². The fourth-order valence-corrected chi connectivity index (χ4v) is 8.05. The fraction of sp³-hybridized carbons (Fsp3) is 0.629. The molecular weight excluding hydrogens is 550 g/mol. The van der Waals surface area contributed by atoms with Crippen molar-refractivity contribution in [2.75, 3.05) is 54.9 Å². The van der Waals surface area contributed by atoms with E-state index in [0.717, 1.165) is 61.6 Å². The zero-order chi connectivity index (χ0) is 30.2.